The van der Waals surface area contributed by atoms with Crippen molar-refractivity contribution in [1.29, 1.82) is 0 Å². The molecule has 0 aliphatic carbocycles. The smallest absolute Gasteiger partial charge is 0.224 e. The topological polar surface area (TPSA) is 56.3 Å². The summed E-state index contributed by atoms with van der Waals surface area (Å²) in [5, 5.41) is 3.28. The molecule has 5 nitrogen and oxygen atoms in total. The molecular weight excluding hydrogens is 254 g/mol. The van der Waals surface area contributed by atoms with Gasteiger partial charge in [-0.3, -0.25) is 0 Å². The van der Waals surface area contributed by atoms with Gasteiger partial charge in [-0.1, -0.05) is 0 Å². The largest absolute Gasteiger partial charge is 0.497 e. The van der Waals surface area contributed by atoms with Crippen LogP contribution >= 0.6 is 11.6 Å². The van der Waals surface area contributed by atoms with Crippen molar-refractivity contribution in [3.05, 3.63) is 35.7 Å². The zero-order valence-electron chi connectivity index (χ0n) is 9.98. The van der Waals surface area contributed by atoms with Crippen molar-refractivity contribution in [3.63, 3.8) is 0 Å². The van der Waals surface area contributed by atoms with E-state index < -0.39 is 0 Å². The number of rotatable bonds is 4. The van der Waals surface area contributed by atoms with Crippen LogP contribution in [0.1, 0.15) is 0 Å². The SMILES string of the molecule is COc1ccc(OC)c(Nc2ccnc(Cl)n2)c1. The number of anilines is 2. The summed E-state index contributed by atoms with van der Waals surface area (Å²) in [7, 11) is 3.20. The number of ether oxygens (including phenoxy) is 2. The van der Waals surface area contributed by atoms with Crippen molar-refractivity contribution in [2.45, 2.75) is 0 Å². The standard InChI is InChI=1S/C12H12ClN3O2/c1-17-8-3-4-10(18-2)9(7-8)15-11-5-6-14-12(13)16-11/h3-7H,1-2H3,(H,14,15,16). The summed E-state index contributed by atoms with van der Waals surface area (Å²) in [6.07, 6.45) is 1.57. The van der Waals surface area contributed by atoms with Gasteiger partial charge in [0.05, 0.1) is 19.9 Å². The second-order valence-corrected chi connectivity index (χ2v) is 3.74. The Labute approximate surface area is 110 Å². The van der Waals surface area contributed by atoms with Crippen LogP contribution in [0.5, 0.6) is 11.5 Å². The molecule has 0 aliphatic heterocycles. The van der Waals surface area contributed by atoms with Gasteiger partial charge in [0, 0.05) is 12.3 Å². The van der Waals surface area contributed by atoms with Gasteiger partial charge >= 0.3 is 0 Å². The summed E-state index contributed by atoms with van der Waals surface area (Å²) in [6, 6.07) is 7.15. The highest BCUT2D eigenvalue weighted by Crippen LogP contribution is 2.30. The molecule has 94 valence electrons. The first-order valence-electron chi connectivity index (χ1n) is 5.20. The molecule has 0 fully saturated rings. The second-order valence-electron chi connectivity index (χ2n) is 3.40. The Morgan fingerprint density at radius 3 is 2.67 bits per heavy atom. The van der Waals surface area contributed by atoms with Gasteiger partial charge in [0.1, 0.15) is 17.3 Å². The zero-order chi connectivity index (χ0) is 13.0. The molecule has 0 atom stereocenters. The van der Waals surface area contributed by atoms with E-state index >= 15 is 0 Å². The third-order valence-electron chi connectivity index (χ3n) is 2.30. The fourth-order valence-corrected chi connectivity index (χ4v) is 1.60. The normalized spacial score (nSPS) is 9.94. The number of halogens is 1. The maximum atomic E-state index is 5.73. The quantitative estimate of drug-likeness (QED) is 0.862. The van der Waals surface area contributed by atoms with E-state index in [-0.39, 0.29) is 5.28 Å². The van der Waals surface area contributed by atoms with Crippen LogP contribution in [0, 0.1) is 0 Å². The van der Waals surface area contributed by atoms with Crippen LogP contribution in [-0.2, 0) is 0 Å². The van der Waals surface area contributed by atoms with Crippen LogP contribution in [-0.4, -0.2) is 24.2 Å². The number of methoxy groups -OCH3 is 2. The fourth-order valence-electron chi connectivity index (χ4n) is 1.45. The fraction of sp³-hybridized carbons (Fsp3) is 0.167. The lowest BCUT2D eigenvalue weighted by Gasteiger charge is -2.11. The van der Waals surface area contributed by atoms with Crippen LogP contribution in [0.15, 0.2) is 30.5 Å². The van der Waals surface area contributed by atoms with E-state index in [0.717, 1.165) is 11.4 Å². The Kier molecular flexibility index (Phi) is 3.84. The minimum Gasteiger partial charge on any atom is -0.497 e. The van der Waals surface area contributed by atoms with Gasteiger partial charge in [-0.25, -0.2) is 9.97 Å². The molecule has 0 spiro atoms. The number of hydrogen-bond acceptors (Lipinski definition) is 5. The molecule has 2 aromatic rings. The van der Waals surface area contributed by atoms with E-state index in [4.69, 9.17) is 21.1 Å². The van der Waals surface area contributed by atoms with Crippen LogP contribution in [0.25, 0.3) is 0 Å². The Morgan fingerprint density at radius 1 is 1.17 bits per heavy atom. The molecule has 0 bridgehead atoms. The zero-order valence-corrected chi connectivity index (χ0v) is 10.7. The molecule has 1 aromatic carbocycles. The van der Waals surface area contributed by atoms with Gasteiger partial charge in [0.2, 0.25) is 5.28 Å². The maximum absolute atomic E-state index is 5.73. The van der Waals surface area contributed by atoms with Crippen molar-refractivity contribution in [2.75, 3.05) is 19.5 Å². The third-order valence-corrected chi connectivity index (χ3v) is 2.48. The molecule has 0 amide bonds. The first-order chi connectivity index (χ1) is 8.72. The van der Waals surface area contributed by atoms with Crippen LogP contribution in [0.3, 0.4) is 0 Å². The Balaban J connectivity index is 2.32. The molecular formula is C12H12ClN3O2. The van der Waals surface area contributed by atoms with E-state index in [1.165, 1.54) is 0 Å². The van der Waals surface area contributed by atoms with E-state index in [1.54, 1.807) is 26.5 Å². The predicted octanol–water partition coefficient (Wildman–Crippen LogP) is 2.89. The van der Waals surface area contributed by atoms with Crippen molar-refractivity contribution in [1.82, 2.24) is 9.97 Å². The summed E-state index contributed by atoms with van der Waals surface area (Å²) in [5.74, 6) is 1.99. The van der Waals surface area contributed by atoms with Crippen molar-refractivity contribution >= 4 is 23.1 Å². The van der Waals surface area contributed by atoms with Crippen molar-refractivity contribution < 1.29 is 9.47 Å². The summed E-state index contributed by atoms with van der Waals surface area (Å²) < 4.78 is 10.4. The van der Waals surface area contributed by atoms with Gasteiger partial charge < -0.3 is 14.8 Å². The van der Waals surface area contributed by atoms with Gasteiger partial charge in [-0.2, -0.15) is 0 Å². The first-order valence-corrected chi connectivity index (χ1v) is 5.58. The van der Waals surface area contributed by atoms with Crippen molar-refractivity contribution in [2.24, 2.45) is 0 Å². The molecule has 0 saturated carbocycles. The number of nitrogens with zero attached hydrogens (tertiary/aromatic N) is 2. The third kappa shape index (κ3) is 2.81. The molecule has 1 heterocycles. The molecule has 0 unspecified atom stereocenters. The maximum Gasteiger partial charge on any atom is 0.224 e. The minimum atomic E-state index is 0.182. The summed E-state index contributed by atoms with van der Waals surface area (Å²) in [6.45, 7) is 0. The molecule has 1 N–H and O–H groups in total. The Hall–Kier alpha value is -2.01. The molecule has 0 aliphatic rings. The summed E-state index contributed by atoms with van der Waals surface area (Å²) >= 11 is 5.73. The van der Waals surface area contributed by atoms with Gasteiger partial charge in [0.15, 0.2) is 0 Å². The second kappa shape index (κ2) is 5.55. The summed E-state index contributed by atoms with van der Waals surface area (Å²) in [5.41, 5.74) is 0.742. The van der Waals surface area contributed by atoms with Crippen LogP contribution in [0.4, 0.5) is 11.5 Å². The van der Waals surface area contributed by atoms with Crippen LogP contribution < -0.4 is 14.8 Å². The molecule has 0 radical (unpaired) electrons. The highest BCUT2D eigenvalue weighted by atomic mass is 35.5. The first kappa shape index (κ1) is 12.4. The molecule has 6 heteroatoms. The highest BCUT2D eigenvalue weighted by molar-refractivity contribution is 6.28. The lowest BCUT2D eigenvalue weighted by atomic mass is 10.2. The Bertz CT molecular complexity index is 549. The van der Waals surface area contributed by atoms with Gasteiger partial charge in [0.25, 0.3) is 0 Å². The molecule has 2 rings (SSSR count). The number of aromatic nitrogens is 2. The van der Waals surface area contributed by atoms with E-state index in [2.05, 4.69) is 15.3 Å². The average molecular weight is 266 g/mol. The lowest BCUT2D eigenvalue weighted by Crippen LogP contribution is -1.98. The molecule has 0 saturated heterocycles. The minimum absolute atomic E-state index is 0.182. The number of benzene rings is 1. The van der Waals surface area contributed by atoms with Crippen LogP contribution in [0.2, 0.25) is 5.28 Å². The predicted molar refractivity (Wildman–Crippen MR) is 69.9 cm³/mol. The Morgan fingerprint density at radius 2 is 2.00 bits per heavy atom. The van der Waals surface area contributed by atoms with Gasteiger partial charge in [-0.05, 0) is 29.8 Å². The highest BCUT2D eigenvalue weighted by Gasteiger charge is 2.06. The molecule has 1 aromatic heterocycles. The van der Waals surface area contributed by atoms with E-state index in [1.807, 2.05) is 18.2 Å². The molecule has 18 heavy (non-hydrogen) atoms. The van der Waals surface area contributed by atoms with Gasteiger partial charge in [-0.15, -0.1) is 0 Å². The van der Waals surface area contributed by atoms with E-state index in [0.29, 0.717) is 11.6 Å². The average Bonchev–Trinajstić information content (AvgIpc) is 2.38. The number of nitrogens with one attached hydrogen (secondary N) is 1. The lowest BCUT2D eigenvalue weighted by molar-refractivity contribution is 0.405. The number of hydrogen-bond donors (Lipinski definition) is 1. The monoisotopic (exact) mass is 265 g/mol. The van der Waals surface area contributed by atoms with E-state index in [9.17, 15) is 0 Å². The van der Waals surface area contributed by atoms with Crippen molar-refractivity contribution in [3.8, 4) is 11.5 Å². The summed E-state index contributed by atoms with van der Waals surface area (Å²) in [4.78, 5) is 7.86.